The summed E-state index contributed by atoms with van der Waals surface area (Å²) in [5.41, 5.74) is 5.02. The van der Waals surface area contributed by atoms with Crippen molar-refractivity contribution in [2.45, 2.75) is 76.7 Å². The van der Waals surface area contributed by atoms with Crippen LogP contribution in [0.25, 0.3) is 22.8 Å². The van der Waals surface area contributed by atoms with Crippen molar-refractivity contribution >= 4 is 73.7 Å². The first-order chi connectivity index (χ1) is 31.7. The molecule has 2 aliphatic rings. The van der Waals surface area contributed by atoms with E-state index in [9.17, 15) is 18.0 Å². The summed E-state index contributed by atoms with van der Waals surface area (Å²) < 4.78 is 39.7. The van der Waals surface area contributed by atoms with Gasteiger partial charge in [0, 0.05) is 44.4 Å². The molecule has 0 saturated heterocycles. The zero-order chi connectivity index (χ0) is 48.8. The van der Waals surface area contributed by atoms with Crippen LogP contribution < -0.4 is 30.0 Å². The number of aryl methyl sites for hydroxylation is 2. The number of nitrogens with one attached hydrogen (secondary N) is 3. The molecule has 2 aromatic carbocycles. The topological polar surface area (TPSA) is 236 Å². The van der Waals surface area contributed by atoms with Crippen LogP contribution in [0.3, 0.4) is 0 Å². The summed E-state index contributed by atoms with van der Waals surface area (Å²) >= 11 is 6.07. The molecule has 2 atom stereocenters. The summed E-state index contributed by atoms with van der Waals surface area (Å²) in [4.78, 5) is 42.6. The van der Waals surface area contributed by atoms with Crippen LogP contribution in [0.4, 0.5) is 28.6 Å². The maximum atomic E-state index is 12.9. The number of nitrogens with two attached hydrogens (primary N) is 1. The summed E-state index contributed by atoms with van der Waals surface area (Å²) in [6.45, 7) is 11.1. The van der Waals surface area contributed by atoms with Crippen molar-refractivity contribution < 1.29 is 27.5 Å². The summed E-state index contributed by atoms with van der Waals surface area (Å²) in [6.07, 6.45) is 9.94. The number of rotatable bonds is 14. The molecule has 2 aliphatic carbocycles. The van der Waals surface area contributed by atoms with E-state index in [1.807, 2.05) is 77.9 Å². The van der Waals surface area contributed by atoms with Crippen molar-refractivity contribution in [2.75, 3.05) is 29.6 Å². The minimum absolute atomic E-state index is 0.0285. The van der Waals surface area contributed by atoms with E-state index >= 15 is 0 Å². The maximum absolute atomic E-state index is 12.9. The monoisotopic (exact) mass is 972 g/mol. The van der Waals surface area contributed by atoms with Crippen molar-refractivity contribution in [3.05, 3.63) is 89.9 Å². The minimum Gasteiger partial charge on any atom is -0.494 e. The highest BCUT2D eigenvalue weighted by atomic mass is 35.5. The Morgan fingerprint density at radius 1 is 0.687 bits per heavy atom. The Kier molecular flexibility index (Phi) is 16.0. The smallest absolute Gasteiger partial charge is 0.184 e. The second kappa shape index (κ2) is 21.3. The van der Waals surface area contributed by atoms with Crippen molar-refractivity contribution in [2.24, 2.45) is 31.1 Å². The average molecular weight is 974 g/mol. The Hall–Kier alpha value is -6.09. The van der Waals surface area contributed by atoms with Crippen LogP contribution in [0.15, 0.2) is 73.6 Å². The lowest BCUT2D eigenvalue weighted by Crippen LogP contribution is -2.27. The summed E-state index contributed by atoms with van der Waals surface area (Å²) in [5.74, 6) is 2.89. The third kappa shape index (κ3) is 13.1. The number of aromatic nitrogens is 8. The van der Waals surface area contributed by atoms with Crippen LogP contribution in [0.5, 0.6) is 11.5 Å². The SMILES string of the molecule is CC(C)(C)S(N)=O.COc1c(Nc2cc(Cl)ncc2C(=O)C2CC2)cccc1-c1ncn(C)n1.COc1c(Nc2cc(NS(=O)C(C)(C)C)ncc2C(=O)C2CC2)cccc1-c1ncn(C)n1. The predicted octanol–water partition coefficient (Wildman–Crippen LogP) is 8.38. The van der Waals surface area contributed by atoms with Crippen LogP contribution in [0.2, 0.25) is 5.15 Å². The largest absolute Gasteiger partial charge is 0.494 e. The number of para-hydroxylation sites is 2. The van der Waals surface area contributed by atoms with Crippen molar-refractivity contribution in [1.29, 1.82) is 0 Å². The quantitative estimate of drug-likeness (QED) is 0.0593. The van der Waals surface area contributed by atoms with E-state index in [2.05, 4.69) is 45.5 Å². The lowest BCUT2D eigenvalue weighted by Gasteiger charge is -2.20. The normalized spacial score (nSPS) is 14.3. The molecule has 356 valence electrons. The van der Waals surface area contributed by atoms with Gasteiger partial charge in [0.05, 0.1) is 79.7 Å². The molecule has 0 spiro atoms. The standard InChI is InChI=1S/C23H28N6O3S.C19H18ClN5O2.C4H11NOS/c1-23(2,3)33(31)28-19-11-18(16(12-24-19)20(30)14-9-10-14)26-17-8-6-7-15(21(17)32-5)22-25-13-29(4)27-22;1-25-10-22-19(24-25)12-4-3-5-14(18(12)27-2)23-15-8-16(20)21-9-13(15)17(26)11-6-7-11;1-4(2,3)7(5)6/h6-8,11-14H,9-10H2,1-5H3,(H2,24,26,28);3-5,8-11H,6-7H2,1-2H3,(H,21,23);5H2,1-3H3. The highest BCUT2D eigenvalue weighted by Crippen LogP contribution is 2.41. The molecule has 8 rings (SSSR count). The van der Waals surface area contributed by atoms with E-state index in [1.54, 1.807) is 68.7 Å². The van der Waals surface area contributed by atoms with Gasteiger partial charge in [0.15, 0.2) is 34.7 Å². The molecule has 4 heterocycles. The molecule has 6 aromatic rings. The number of ketones is 2. The van der Waals surface area contributed by atoms with E-state index in [1.165, 1.54) is 6.20 Å². The zero-order valence-electron chi connectivity index (χ0n) is 39.2. The minimum atomic E-state index is -1.36. The fourth-order valence-electron chi connectivity index (χ4n) is 6.20. The maximum Gasteiger partial charge on any atom is 0.184 e. The Morgan fingerprint density at radius 3 is 1.49 bits per heavy atom. The van der Waals surface area contributed by atoms with Gasteiger partial charge in [-0.1, -0.05) is 23.7 Å². The van der Waals surface area contributed by atoms with Gasteiger partial charge in [0.2, 0.25) is 0 Å². The Labute approximate surface area is 400 Å². The van der Waals surface area contributed by atoms with Gasteiger partial charge in [-0.15, -0.1) is 0 Å². The number of methoxy groups -OCH3 is 2. The van der Waals surface area contributed by atoms with Gasteiger partial charge in [-0.05, 0) is 97.6 Å². The Bertz CT molecular complexity index is 2790. The average Bonchev–Trinajstić information content (AvgIpc) is 4.22. The third-order valence-electron chi connectivity index (χ3n) is 10.2. The van der Waals surface area contributed by atoms with Crippen molar-refractivity contribution in [3.63, 3.8) is 0 Å². The van der Waals surface area contributed by atoms with Crippen molar-refractivity contribution in [1.82, 2.24) is 39.5 Å². The second-order valence-electron chi connectivity index (χ2n) is 17.8. The number of anilines is 5. The number of carbonyl (C=O) groups is 2. The van der Waals surface area contributed by atoms with E-state index in [4.69, 9.17) is 26.2 Å². The molecule has 0 aliphatic heterocycles. The van der Waals surface area contributed by atoms with Gasteiger partial charge in [0.25, 0.3) is 0 Å². The van der Waals surface area contributed by atoms with Crippen LogP contribution in [-0.2, 0) is 36.1 Å². The van der Waals surface area contributed by atoms with Gasteiger partial charge >= 0.3 is 0 Å². The van der Waals surface area contributed by atoms with E-state index in [-0.39, 0.29) is 28.1 Å². The van der Waals surface area contributed by atoms with E-state index < -0.39 is 26.7 Å². The molecule has 2 saturated carbocycles. The molecule has 67 heavy (non-hydrogen) atoms. The molecule has 2 fully saturated rings. The van der Waals surface area contributed by atoms with Gasteiger partial charge in [-0.3, -0.25) is 28.8 Å². The second-order valence-corrected chi connectivity index (χ2v) is 22.0. The highest BCUT2D eigenvalue weighted by Gasteiger charge is 2.34. The van der Waals surface area contributed by atoms with Gasteiger partial charge in [-0.25, -0.2) is 28.4 Å². The molecule has 21 heteroatoms. The fraction of sp³-hybridized carbons (Fsp3) is 0.391. The first kappa shape index (κ1) is 50.3. The van der Waals surface area contributed by atoms with Gasteiger partial charge in [-0.2, -0.15) is 10.2 Å². The number of nitrogens with zero attached hydrogens (tertiary/aromatic N) is 8. The van der Waals surface area contributed by atoms with Crippen LogP contribution in [0.1, 0.15) is 87.9 Å². The molecule has 5 N–H and O–H groups in total. The number of hydrogen-bond donors (Lipinski definition) is 4. The number of hydrogen-bond acceptors (Lipinski definition) is 14. The molecule has 18 nitrogen and oxygen atoms in total. The molecule has 0 amide bonds. The Balaban J connectivity index is 0.000000196. The van der Waals surface area contributed by atoms with Crippen LogP contribution in [-0.4, -0.2) is 83.2 Å². The number of benzene rings is 2. The van der Waals surface area contributed by atoms with Gasteiger partial charge < -0.3 is 20.1 Å². The number of Topliss-reactive ketones (excluding diaryl/α,β-unsaturated/α-hetero) is 2. The zero-order valence-corrected chi connectivity index (χ0v) is 41.6. The molecular weight excluding hydrogens is 916 g/mol. The lowest BCUT2D eigenvalue weighted by molar-refractivity contribution is 0.0960. The number of pyridine rings is 2. The summed E-state index contributed by atoms with van der Waals surface area (Å²) in [5, 5.41) is 20.7. The number of halogens is 1. The predicted molar refractivity (Wildman–Crippen MR) is 264 cm³/mol. The van der Waals surface area contributed by atoms with E-state index in [0.29, 0.717) is 68.0 Å². The summed E-state index contributed by atoms with van der Waals surface area (Å²) in [6, 6.07) is 14.6. The number of ether oxygens (including phenoxy) is 2. The summed E-state index contributed by atoms with van der Waals surface area (Å²) in [7, 11) is 4.23. The van der Waals surface area contributed by atoms with Crippen LogP contribution in [0, 0.1) is 11.8 Å². The Morgan fingerprint density at radius 2 is 1.12 bits per heavy atom. The first-order valence-corrected chi connectivity index (χ1v) is 24.1. The van der Waals surface area contributed by atoms with E-state index in [0.717, 1.165) is 36.8 Å². The lowest BCUT2D eigenvalue weighted by atomic mass is 10.1. The fourth-order valence-corrected chi connectivity index (χ4v) is 6.96. The van der Waals surface area contributed by atoms with Crippen LogP contribution >= 0.6 is 11.6 Å². The first-order valence-electron chi connectivity index (χ1n) is 21.4. The number of carbonyl (C=O) groups excluding carboxylic acids is 2. The molecule has 0 radical (unpaired) electrons. The molecule has 0 bridgehead atoms. The molecular formula is C46H57ClN12O6S2. The third-order valence-corrected chi connectivity index (χ3v) is 13.1. The molecule has 4 aromatic heterocycles. The molecule has 2 unspecified atom stereocenters. The van der Waals surface area contributed by atoms with Gasteiger partial charge in [0.1, 0.15) is 34.6 Å². The van der Waals surface area contributed by atoms with Crippen molar-refractivity contribution in [3.8, 4) is 34.3 Å². The highest BCUT2D eigenvalue weighted by molar-refractivity contribution is 7.87.